The average Bonchev–Trinajstić information content (AvgIpc) is 2.89. The molecule has 2 heterocycles. The number of hydrogen-bond acceptors (Lipinski definition) is 3. The molecule has 0 saturated carbocycles. The molecule has 2 aliphatic heterocycles. The normalized spacial score (nSPS) is 27.8. The van der Waals surface area contributed by atoms with Gasteiger partial charge in [0.2, 0.25) is 0 Å². The van der Waals surface area contributed by atoms with Gasteiger partial charge >= 0.3 is 0 Å². The first-order valence-corrected chi connectivity index (χ1v) is 8.46. The van der Waals surface area contributed by atoms with E-state index >= 15 is 0 Å². The van der Waals surface area contributed by atoms with Crippen molar-refractivity contribution < 1.29 is 0 Å². The highest BCUT2D eigenvalue weighted by Crippen LogP contribution is 2.19. The first kappa shape index (κ1) is 15.3. The van der Waals surface area contributed by atoms with Gasteiger partial charge in [0.05, 0.1) is 0 Å². The van der Waals surface area contributed by atoms with Crippen molar-refractivity contribution in [3.05, 3.63) is 0 Å². The van der Waals surface area contributed by atoms with E-state index < -0.39 is 0 Å². The zero-order valence-corrected chi connectivity index (χ0v) is 13.0. The summed E-state index contributed by atoms with van der Waals surface area (Å²) in [6.07, 6.45) is 6.91. The van der Waals surface area contributed by atoms with Gasteiger partial charge in [-0.15, -0.1) is 0 Å². The van der Waals surface area contributed by atoms with E-state index in [1.807, 2.05) is 0 Å². The number of hydrogen-bond donors (Lipinski definition) is 1. The van der Waals surface area contributed by atoms with Crippen molar-refractivity contribution in [2.75, 3.05) is 45.8 Å². The molecular weight excluding hydrogens is 234 g/mol. The summed E-state index contributed by atoms with van der Waals surface area (Å²) in [6.45, 7) is 13.7. The Balaban J connectivity index is 1.64. The monoisotopic (exact) mass is 267 g/mol. The van der Waals surface area contributed by atoms with Crippen LogP contribution in [0.15, 0.2) is 0 Å². The second-order valence-corrected chi connectivity index (χ2v) is 6.56. The molecule has 0 aliphatic carbocycles. The van der Waals surface area contributed by atoms with E-state index in [4.69, 9.17) is 0 Å². The molecule has 0 amide bonds. The maximum Gasteiger partial charge on any atom is 0.0195 e. The Morgan fingerprint density at radius 1 is 1.16 bits per heavy atom. The van der Waals surface area contributed by atoms with Crippen molar-refractivity contribution >= 4 is 0 Å². The minimum Gasteiger partial charge on any atom is -0.316 e. The third-order valence-electron chi connectivity index (χ3n) is 4.77. The van der Waals surface area contributed by atoms with Crippen LogP contribution in [0.25, 0.3) is 0 Å². The van der Waals surface area contributed by atoms with E-state index in [0.29, 0.717) is 0 Å². The van der Waals surface area contributed by atoms with E-state index in [0.717, 1.165) is 12.0 Å². The summed E-state index contributed by atoms with van der Waals surface area (Å²) in [6, 6.07) is 0.745. The molecule has 0 radical (unpaired) electrons. The average molecular weight is 267 g/mol. The van der Waals surface area contributed by atoms with Gasteiger partial charge in [0.25, 0.3) is 0 Å². The fourth-order valence-electron chi connectivity index (χ4n) is 3.54. The fraction of sp³-hybridized carbons (Fsp3) is 1.00. The Kier molecular flexibility index (Phi) is 6.62. The molecule has 0 aromatic heterocycles. The summed E-state index contributed by atoms with van der Waals surface area (Å²) in [5, 5.41) is 3.58. The van der Waals surface area contributed by atoms with Gasteiger partial charge in [0, 0.05) is 19.1 Å². The lowest BCUT2D eigenvalue weighted by Gasteiger charge is -2.33. The zero-order chi connectivity index (χ0) is 13.5. The standard InChI is InChI=1S/C16H33N3/c1-3-8-17-12-16-7-11-19(14-16)15(2)13-18-9-5-4-6-10-18/h15-17H,3-14H2,1-2H3. The molecule has 3 heteroatoms. The van der Waals surface area contributed by atoms with Gasteiger partial charge in [-0.2, -0.15) is 0 Å². The summed E-state index contributed by atoms with van der Waals surface area (Å²) in [5.41, 5.74) is 0. The summed E-state index contributed by atoms with van der Waals surface area (Å²) in [7, 11) is 0. The molecule has 2 rings (SSSR count). The molecule has 0 aromatic rings. The number of nitrogens with one attached hydrogen (secondary N) is 1. The predicted octanol–water partition coefficient (Wildman–Crippen LogP) is 2.18. The molecular formula is C16H33N3. The van der Waals surface area contributed by atoms with Gasteiger partial charge in [0.1, 0.15) is 0 Å². The Hall–Kier alpha value is -0.120. The Labute approximate surface area is 119 Å². The molecule has 0 bridgehead atoms. The zero-order valence-electron chi connectivity index (χ0n) is 13.0. The second-order valence-electron chi connectivity index (χ2n) is 6.56. The smallest absolute Gasteiger partial charge is 0.0195 e. The molecule has 1 N–H and O–H groups in total. The fourth-order valence-corrected chi connectivity index (χ4v) is 3.54. The van der Waals surface area contributed by atoms with E-state index in [-0.39, 0.29) is 0 Å². The molecule has 19 heavy (non-hydrogen) atoms. The number of piperidine rings is 1. The highest BCUT2D eigenvalue weighted by Gasteiger charge is 2.26. The van der Waals surface area contributed by atoms with Crippen LogP contribution in [0.1, 0.15) is 46.0 Å². The number of likely N-dealkylation sites (tertiary alicyclic amines) is 2. The molecule has 112 valence electrons. The van der Waals surface area contributed by atoms with Crippen molar-refractivity contribution in [2.24, 2.45) is 5.92 Å². The Bertz CT molecular complexity index is 238. The SMILES string of the molecule is CCCNCC1CCN(C(C)CN2CCCCC2)C1. The molecule has 0 spiro atoms. The van der Waals surface area contributed by atoms with Crippen LogP contribution in [-0.2, 0) is 0 Å². The maximum atomic E-state index is 3.58. The second kappa shape index (κ2) is 8.23. The maximum absolute atomic E-state index is 3.58. The van der Waals surface area contributed by atoms with Gasteiger partial charge in [-0.05, 0) is 71.2 Å². The molecule has 2 unspecified atom stereocenters. The van der Waals surface area contributed by atoms with Crippen LogP contribution < -0.4 is 5.32 Å². The van der Waals surface area contributed by atoms with Gasteiger partial charge < -0.3 is 10.2 Å². The highest BCUT2D eigenvalue weighted by molar-refractivity contribution is 4.82. The first-order chi connectivity index (χ1) is 9.29. The molecule has 2 saturated heterocycles. The summed E-state index contributed by atoms with van der Waals surface area (Å²) in [4.78, 5) is 5.39. The predicted molar refractivity (Wildman–Crippen MR) is 82.6 cm³/mol. The van der Waals surface area contributed by atoms with E-state index in [9.17, 15) is 0 Å². The lowest BCUT2D eigenvalue weighted by molar-refractivity contribution is 0.150. The molecule has 2 fully saturated rings. The minimum atomic E-state index is 0.745. The third kappa shape index (κ3) is 5.05. The topological polar surface area (TPSA) is 18.5 Å². The van der Waals surface area contributed by atoms with Crippen molar-refractivity contribution in [1.82, 2.24) is 15.1 Å². The van der Waals surface area contributed by atoms with Crippen molar-refractivity contribution in [2.45, 2.75) is 52.0 Å². The minimum absolute atomic E-state index is 0.745. The number of nitrogens with zero attached hydrogens (tertiary/aromatic N) is 2. The molecule has 2 aliphatic rings. The lowest BCUT2D eigenvalue weighted by Crippen LogP contribution is -2.43. The molecule has 3 nitrogen and oxygen atoms in total. The van der Waals surface area contributed by atoms with E-state index in [1.54, 1.807) is 0 Å². The van der Waals surface area contributed by atoms with Crippen LogP contribution in [0.2, 0.25) is 0 Å². The molecule has 0 aromatic carbocycles. The van der Waals surface area contributed by atoms with Crippen LogP contribution in [0.3, 0.4) is 0 Å². The summed E-state index contributed by atoms with van der Waals surface area (Å²) in [5.74, 6) is 0.885. The summed E-state index contributed by atoms with van der Waals surface area (Å²) >= 11 is 0. The van der Waals surface area contributed by atoms with Crippen LogP contribution in [0, 0.1) is 5.92 Å². The lowest BCUT2D eigenvalue weighted by atomic mass is 10.1. The van der Waals surface area contributed by atoms with Gasteiger partial charge in [-0.3, -0.25) is 4.90 Å². The quantitative estimate of drug-likeness (QED) is 0.713. The van der Waals surface area contributed by atoms with Crippen molar-refractivity contribution in [3.63, 3.8) is 0 Å². The van der Waals surface area contributed by atoms with Gasteiger partial charge in [-0.1, -0.05) is 13.3 Å². The van der Waals surface area contributed by atoms with Gasteiger partial charge in [0.15, 0.2) is 0 Å². The Morgan fingerprint density at radius 2 is 1.95 bits per heavy atom. The largest absolute Gasteiger partial charge is 0.316 e. The summed E-state index contributed by atoms with van der Waals surface area (Å²) < 4.78 is 0. The highest BCUT2D eigenvalue weighted by atomic mass is 15.2. The van der Waals surface area contributed by atoms with Crippen molar-refractivity contribution in [3.8, 4) is 0 Å². The number of rotatable bonds is 7. The Morgan fingerprint density at radius 3 is 2.68 bits per heavy atom. The van der Waals surface area contributed by atoms with Crippen LogP contribution >= 0.6 is 0 Å². The van der Waals surface area contributed by atoms with Crippen LogP contribution in [-0.4, -0.2) is 61.7 Å². The van der Waals surface area contributed by atoms with Crippen molar-refractivity contribution in [1.29, 1.82) is 0 Å². The van der Waals surface area contributed by atoms with Gasteiger partial charge in [-0.25, -0.2) is 0 Å². The van der Waals surface area contributed by atoms with Crippen LogP contribution in [0.5, 0.6) is 0 Å². The van der Waals surface area contributed by atoms with Crippen LogP contribution in [0.4, 0.5) is 0 Å². The first-order valence-electron chi connectivity index (χ1n) is 8.46. The molecule has 2 atom stereocenters. The van der Waals surface area contributed by atoms with E-state index in [2.05, 4.69) is 29.0 Å². The third-order valence-corrected chi connectivity index (χ3v) is 4.77. The van der Waals surface area contributed by atoms with E-state index in [1.165, 1.54) is 77.9 Å².